The van der Waals surface area contributed by atoms with Crippen molar-refractivity contribution >= 4 is 5.97 Å². The molecule has 0 fully saturated rings. The van der Waals surface area contributed by atoms with E-state index >= 15 is 0 Å². The highest BCUT2D eigenvalue weighted by molar-refractivity contribution is 5.69. The number of alkyl halides is 3. The number of hydrogen-bond donors (Lipinski definition) is 0. The van der Waals surface area contributed by atoms with Crippen LogP contribution < -0.4 is 9.47 Å². The van der Waals surface area contributed by atoms with E-state index in [1.165, 1.54) is 25.3 Å². The van der Waals surface area contributed by atoms with Gasteiger partial charge in [-0.15, -0.1) is 10.2 Å². The predicted molar refractivity (Wildman–Crippen MR) is 118 cm³/mol. The summed E-state index contributed by atoms with van der Waals surface area (Å²) < 4.78 is 54.5. The Bertz CT molecular complexity index is 827. The minimum Gasteiger partial charge on any atom is -0.494 e. The number of benzene rings is 1. The molecule has 2 aromatic rings. The number of carbonyl (C=O) groups excluding carboxylic acids is 1. The van der Waals surface area contributed by atoms with Gasteiger partial charge in [0.2, 0.25) is 12.0 Å². The van der Waals surface area contributed by atoms with Gasteiger partial charge in [0.1, 0.15) is 12.4 Å². The summed E-state index contributed by atoms with van der Waals surface area (Å²) in [7, 11) is 0. The van der Waals surface area contributed by atoms with Gasteiger partial charge in [-0.2, -0.15) is 13.2 Å². The Morgan fingerprint density at radius 2 is 1.64 bits per heavy atom. The number of nitrogens with zero attached hydrogens (tertiary/aromatic N) is 2. The average Bonchev–Trinajstić information content (AvgIpc) is 2.79. The van der Waals surface area contributed by atoms with Crippen molar-refractivity contribution in [1.29, 1.82) is 0 Å². The molecule has 0 aliphatic heterocycles. The van der Waals surface area contributed by atoms with E-state index in [2.05, 4.69) is 21.9 Å². The second kappa shape index (κ2) is 13.6. The van der Waals surface area contributed by atoms with E-state index in [1.54, 1.807) is 13.0 Å². The SMILES string of the molecule is CCCCCCCOc1ccc(-c2ccc(OCC(OC(=O)CCC)C(F)(F)F)nn2)cc1. The summed E-state index contributed by atoms with van der Waals surface area (Å²) in [6.45, 7) is 3.63. The largest absolute Gasteiger partial charge is 0.494 e. The first kappa shape index (κ1) is 26.4. The lowest BCUT2D eigenvalue weighted by atomic mass is 10.1. The second-order valence-corrected chi connectivity index (χ2v) is 7.62. The van der Waals surface area contributed by atoms with Gasteiger partial charge in [0.15, 0.2) is 0 Å². The maximum Gasteiger partial charge on any atom is 0.428 e. The molecular weight excluding hydrogens is 437 g/mol. The Morgan fingerprint density at radius 1 is 0.909 bits per heavy atom. The molecular formula is C24H31F3N2O4. The normalized spacial score (nSPS) is 12.3. The molecule has 0 saturated heterocycles. The third-order valence-corrected chi connectivity index (χ3v) is 4.78. The van der Waals surface area contributed by atoms with E-state index in [9.17, 15) is 18.0 Å². The highest BCUT2D eigenvalue weighted by Gasteiger charge is 2.43. The van der Waals surface area contributed by atoms with Crippen molar-refractivity contribution in [2.75, 3.05) is 13.2 Å². The predicted octanol–water partition coefficient (Wildman–Crippen LogP) is 6.15. The van der Waals surface area contributed by atoms with Crippen LogP contribution >= 0.6 is 0 Å². The Kier molecular flexibility index (Phi) is 10.9. The van der Waals surface area contributed by atoms with Crippen molar-refractivity contribution in [2.45, 2.75) is 71.1 Å². The molecule has 9 heteroatoms. The molecule has 0 spiro atoms. The fourth-order valence-corrected chi connectivity index (χ4v) is 2.95. The zero-order valence-electron chi connectivity index (χ0n) is 19.1. The van der Waals surface area contributed by atoms with Gasteiger partial charge in [0.25, 0.3) is 0 Å². The Hall–Kier alpha value is -2.84. The average molecular weight is 469 g/mol. The monoisotopic (exact) mass is 468 g/mol. The molecule has 0 radical (unpaired) electrons. The first-order valence-electron chi connectivity index (χ1n) is 11.3. The minimum atomic E-state index is -4.74. The summed E-state index contributed by atoms with van der Waals surface area (Å²) in [6, 6.07) is 10.4. The molecule has 1 aromatic carbocycles. The lowest BCUT2D eigenvalue weighted by molar-refractivity contribution is -0.227. The van der Waals surface area contributed by atoms with Gasteiger partial charge in [-0.1, -0.05) is 39.5 Å². The highest BCUT2D eigenvalue weighted by atomic mass is 19.4. The number of halogens is 3. The topological polar surface area (TPSA) is 70.5 Å². The summed E-state index contributed by atoms with van der Waals surface area (Å²) in [5.74, 6) is -0.255. The second-order valence-electron chi connectivity index (χ2n) is 7.62. The van der Waals surface area contributed by atoms with Crippen molar-refractivity contribution in [3.05, 3.63) is 36.4 Å². The molecule has 0 N–H and O–H groups in total. The van der Waals surface area contributed by atoms with Crippen LogP contribution in [0.1, 0.15) is 58.8 Å². The highest BCUT2D eigenvalue weighted by Crippen LogP contribution is 2.25. The van der Waals surface area contributed by atoms with Gasteiger partial charge in [0.05, 0.1) is 12.3 Å². The quantitative estimate of drug-likeness (QED) is 0.245. The van der Waals surface area contributed by atoms with E-state index in [4.69, 9.17) is 9.47 Å². The van der Waals surface area contributed by atoms with E-state index in [0.29, 0.717) is 18.7 Å². The van der Waals surface area contributed by atoms with Crippen molar-refractivity contribution < 1.29 is 32.2 Å². The molecule has 0 bridgehead atoms. The molecule has 182 valence electrons. The van der Waals surface area contributed by atoms with Crippen molar-refractivity contribution in [3.8, 4) is 22.9 Å². The molecule has 1 heterocycles. The van der Waals surface area contributed by atoms with Crippen LogP contribution in [0.15, 0.2) is 36.4 Å². The molecule has 2 rings (SSSR count). The molecule has 6 nitrogen and oxygen atoms in total. The lowest BCUT2D eigenvalue weighted by Crippen LogP contribution is -2.38. The van der Waals surface area contributed by atoms with Gasteiger partial charge in [0, 0.05) is 18.1 Å². The number of aromatic nitrogens is 2. The Balaban J connectivity index is 1.86. The molecule has 33 heavy (non-hydrogen) atoms. The van der Waals surface area contributed by atoms with Crippen LogP contribution in [0.2, 0.25) is 0 Å². The van der Waals surface area contributed by atoms with Gasteiger partial charge in [-0.05, 0) is 43.2 Å². The van der Waals surface area contributed by atoms with Crippen LogP contribution in [0.5, 0.6) is 11.6 Å². The third kappa shape index (κ3) is 9.67. The number of hydrogen-bond acceptors (Lipinski definition) is 6. The molecule has 1 unspecified atom stereocenters. The van der Waals surface area contributed by atoms with E-state index in [0.717, 1.165) is 24.2 Å². The molecule has 1 atom stereocenters. The summed E-state index contributed by atoms with van der Waals surface area (Å²) in [5, 5.41) is 7.83. The number of ether oxygens (including phenoxy) is 3. The molecule has 0 amide bonds. The lowest BCUT2D eigenvalue weighted by Gasteiger charge is -2.20. The summed E-state index contributed by atoms with van der Waals surface area (Å²) in [4.78, 5) is 11.4. The molecule has 0 saturated carbocycles. The van der Waals surface area contributed by atoms with Crippen molar-refractivity contribution in [3.63, 3.8) is 0 Å². The van der Waals surface area contributed by atoms with Gasteiger partial charge < -0.3 is 14.2 Å². The summed E-state index contributed by atoms with van der Waals surface area (Å²) in [5.41, 5.74) is 1.32. The minimum absolute atomic E-state index is 0.0934. The first-order chi connectivity index (χ1) is 15.8. The smallest absolute Gasteiger partial charge is 0.428 e. The summed E-state index contributed by atoms with van der Waals surface area (Å²) in [6.07, 6.45) is -0.961. The Labute approximate surface area is 192 Å². The van der Waals surface area contributed by atoms with Crippen LogP contribution in [-0.4, -0.2) is 41.7 Å². The Morgan fingerprint density at radius 3 is 2.24 bits per heavy atom. The van der Waals surface area contributed by atoms with Gasteiger partial charge >= 0.3 is 12.1 Å². The van der Waals surface area contributed by atoms with Gasteiger partial charge in [-0.3, -0.25) is 4.79 Å². The molecule has 0 aliphatic carbocycles. The van der Waals surface area contributed by atoms with Crippen LogP contribution in [0.25, 0.3) is 11.3 Å². The van der Waals surface area contributed by atoms with E-state index in [-0.39, 0.29) is 12.3 Å². The zero-order chi connectivity index (χ0) is 24.1. The summed E-state index contributed by atoms with van der Waals surface area (Å²) >= 11 is 0. The van der Waals surface area contributed by atoms with Crippen LogP contribution in [0.4, 0.5) is 13.2 Å². The number of unbranched alkanes of at least 4 members (excludes halogenated alkanes) is 4. The maximum absolute atomic E-state index is 13.1. The molecule has 0 aliphatic rings. The van der Waals surface area contributed by atoms with Gasteiger partial charge in [-0.25, -0.2) is 0 Å². The van der Waals surface area contributed by atoms with Crippen LogP contribution in [-0.2, 0) is 9.53 Å². The standard InChI is InChI=1S/C24H31F3N2O4/c1-3-5-6-7-8-16-31-19-12-10-18(11-13-19)20-14-15-22(29-28-20)32-17-21(24(25,26)27)33-23(30)9-4-2/h10-15,21H,3-9,16-17H2,1-2H3. The number of carbonyl (C=O) groups is 1. The number of esters is 1. The molecule has 1 aromatic heterocycles. The number of rotatable bonds is 14. The fraction of sp³-hybridized carbons (Fsp3) is 0.542. The fourth-order valence-electron chi connectivity index (χ4n) is 2.95. The van der Waals surface area contributed by atoms with E-state index in [1.807, 2.05) is 24.3 Å². The van der Waals surface area contributed by atoms with Crippen molar-refractivity contribution in [2.24, 2.45) is 0 Å². The van der Waals surface area contributed by atoms with Crippen LogP contribution in [0.3, 0.4) is 0 Å². The third-order valence-electron chi connectivity index (χ3n) is 4.78. The first-order valence-corrected chi connectivity index (χ1v) is 11.3. The van der Waals surface area contributed by atoms with Crippen molar-refractivity contribution in [1.82, 2.24) is 10.2 Å². The van der Waals surface area contributed by atoms with Crippen LogP contribution in [0, 0.1) is 0 Å². The zero-order valence-corrected chi connectivity index (χ0v) is 19.1. The maximum atomic E-state index is 13.1. The van der Waals surface area contributed by atoms with E-state index < -0.39 is 24.9 Å².